The highest BCUT2D eigenvalue weighted by atomic mass is 16.7. The molecule has 6 aliphatic heterocycles. The van der Waals surface area contributed by atoms with Crippen molar-refractivity contribution >= 4 is 59.1 Å². The van der Waals surface area contributed by atoms with E-state index in [1.807, 2.05) is 0 Å². The molecule has 6 heterocycles. The van der Waals surface area contributed by atoms with Crippen LogP contribution in [-0.2, 0) is 46.5 Å². The number of carbonyl (C=O) groups is 8. The molecule has 2 unspecified atom stereocenters. The van der Waals surface area contributed by atoms with Crippen LogP contribution in [0.25, 0.3) is 10.4 Å². The molecule has 0 radical (unpaired) electrons. The summed E-state index contributed by atoms with van der Waals surface area (Å²) in [5, 5.41) is 115. The number of rotatable bonds is 29. The van der Waals surface area contributed by atoms with Crippen molar-refractivity contribution in [2.45, 2.75) is 138 Å². The summed E-state index contributed by atoms with van der Waals surface area (Å²) < 4.78 is 62.5. The van der Waals surface area contributed by atoms with Crippen LogP contribution in [0.2, 0.25) is 0 Å². The van der Waals surface area contributed by atoms with Crippen molar-refractivity contribution in [2.24, 2.45) is 5.11 Å². The lowest BCUT2D eigenvalue weighted by molar-refractivity contribution is -0.271. The van der Waals surface area contributed by atoms with E-state index in [9.17, 15) is 89.4 Å². The molecule has 38 nitrogen and oxygen atoms in total. The molecule has 6 aliphatic rings. The number of carbonyl (C=O) groups excluding carboxylic acids is 6. The van der Waals surface area contributed by atoms with Gasteiger partial charge in [0.25, 0.3) is 23.6 Å². The van der Waals surface area contributed by atoms with Crippen LogP contribution in [0.5, 0.6) is 34.5 Å². The maximum atomic E-state index is 14.6. The molecule has 14 atom stereocenters. The van der Waals surface area contributed by atoms with Crippen LogP contribution < -0.4 is 48.9 Å². The second-order valence-electron chi connectivity index (χ2n) is 25.6. The first-order chi connectivity index (χ1) is 51.2. The SMILES string of the molecule is C=C1C[C@H]2C(O)N(C(=O)OCc3ccc(O[C@@H]4O[C@H](C(=O)O)[C@@H](O)[C@H](O)[C@H]4O)c(C(=O)NCCCN=[N+]=[N-])c3)c3cc(OCCCCCOc4cc5c(cc4OC)C(=O)N4CC(=C)C[C@H]4C(O)N5C(=O)OCc4ccc(O[C@@H]5O[C@H](C(=O)O)[C@@H](O)[C@H](O)[C@H]5O)c(C(=O)NCCOC)c4)c(OC)cc3C(=O)N2C1. The zero-order chi connectivity index (χ0) is 77.2. The number of fused-ring (bicyclic) bond motifs is 4. The predicted molar refractivity (Wildman–Crippen MR) is 363 cm³/mol. The fourth-order valence-corrected chi connectivity index (χ4v) is 12.8. The van der Waals surface area contributed by atoms with Gasteiger partial charge in [0.2, 0.25) is 12.6 Å². The van der Waals surface area contributed by atoms with E-state index in [4.69, 9.17) is 57.6 Å². The first-order valence-corrected chi connectivity index (χ1v) is 33.6. The summed E-state index contributed by atoms with van der Waals surface area (Å²) in [5.41, 5.74) is 9.24. The Morgan fingerprint density at radius 2 is 0.981 bits per heavy atom. The molecule has 0 aliphatic carbocycles. The van der Waals surface area contributed by atoms with Gasteiger partial charge in [-0.2, -0.15) is 0 Å². The number of methoxy groups -OCH3 is 3. The van der Waals surface area contributed by atoms with Crippen molar-refractivity contribution in [2.75, 3.05) is 83.7 Å². The first kappa shape index (κ1) is 79.0. The number of hydrogen-bond donors (Lipinski definition) is 12. The normalized spacial score (nSPS) is 25.1. The van der Waals surface area contributed by atoms with E-state index in [0.717, 1.165) is 9.80 Å². The second kappa shape index (κ2) is 34.7. The van der Waals surface area contributed by atoms with Crippen molar-refractivity contribution in [3.63, 3.8) is 0 Å². The molecule has 0 spiro atoms. The minimum atomic E-state index is -2.05. The van der Waals surface area contributed by atoms with E-state index in [1.165, 1.54) is 91.8 Å². The van der Waals surface area contributed by atoms with Gasteiger partial charge in [0.15, 0.2) is 47.7 Å². The summed E-state index contributed by atoms with van der Waals surface area (Å²) in [6.07, 6.45) is -24.3. The summed E-state index contributed by atoms with van der Waals surface area (Å²) in [6.45, 7) is 7.05. The average Bonchev–Trinajstić information content (AvgIpc) is 1.62. The van der Waals surface area contributed by atoms with Gasteiger partial charge in [-0.3, -0.25) is 19.2 Å². The number of nitrogens with one attached hydrogen (secondary N) is 2. The van der Waals surface area contributed by atoms with Crippen LogP contribution in [-0.4, -0.2) is 268 Å². The maximum absolute atomic E-state index is 14.6. The van der Waals surface area contributed by atoms with Crippen molar-refractivity contribution in [3.8, 4) is 34.5 Å². The van der Waals surface area contributed by atoms with Gasteiger partial charge in [-0.15, -0.1) is 0 Å². The molecular formula is C69H81N9O29. The van der Waals surface area contributed by atoms with Crippen LogP contribution in [0, 0.1) is 0 Å². The summed E-state index contributed by atoms with van der Waals surface area (Å²) >= 11 is 0. The first-order valence-electron chi connectivity index (χ1n) is 33.6. The molecule has 4 aromatic carbocycles. The third-order valence-corrected chi connectivity index (χ3v) is 18.4. The standard InChI is InChI=1S/C69H81N9O29/c1-32-20-42-62(89)77(68(95)102-30-34-10-12-44(38(22-34)58(85)71-14-9-15-73-74-70)104-66-54(83)50(79)52(81)56(106-66)64(91)92)40-26-48(46(98-4)24-36(40)60(87)75(42)28-32)100-17-7-6-8-18-101-49-27-41-37(25-47(49)99-5)61(88)76-29-33(2)21-43(76)63(90)78(41)69(96)103-31-35-11-13-45(39(23-35)59(86)72-16-19-97-3)105-67-55(84)51(80)53(82)57(107-67)65(93)94/h10-13,22-27,42-43,50-57,62-63,66-67,79-84,89-90H,1-2,6-9,14-21,28-31H2,3-5H3,(H,71,85)(H,72,86)(H,91,92)(H,93,94)/t42-,43-,50-,51-,52-,53-,54+,55+,56-,57-,62?,63?,66+,67+/m0/s1. The number of aliphatic hydroxyl groups is 8. The fourth-order valence-electron chi connectivity index (χ4n) is 12.8. The van der Waals surface area contributed by atoms with Crippen LogP contribution in [0.3, 0.4) is 0 Å². The zero-order valence-corrected chi connectivity index (χ0v) is 57.9. The monoisotopic (exact) mass is 1500 g/mol. The van der Waals surface area contributed by atoms with Gasteiger partial charge in [-0.05, 0) is 91.6 Å². The molecule has 6 amide bonds. The van der Waals surface area contributed by atoms with Crippen LogP contribution in [0.4, 0.5) is 21.0 Å². The van der Waals surface area contributed by atoms with E-state index < -0.39 is 147 Å². The zero-order valence-electron chi connectivity index (χ0n) is 57.9. The number of hydrogen-bond acceptors (Lipinski definition) is 28. The molecule has 4 aromatic rings. The van der Waals surface area contributed by atoms with Crippen LogP contribution >= 0.6 is 0 Å². The molecule has 0 bridgehead atoms. The molecule has 12 N–H and O–H groups in total. The van der Waals surface area contributed by atoms with Gasteiger partial charge >= 0.3 is 24.1 Å². The number of anilines is 2. The molecule has 10 rings (SSSR count). The van der Waals surface area contributed by atoms with Crippen molar-refractivity contribution < 1.29 is 142 Å². The van der Waals surface area contributed by atoms with Gasteiger partial charge in [0.05, 0.1) is 79.8 Å². The highest BCUT2D eigenvalue weighted by Crippen LogP contribution is 2.45. The van der Waals surface area contributed by atoms with Crippen molar-refractivity contribution in [3.05, 3.63) is 129 Å². The maximum Gasteiger partial charge on any atom is 0.416 e. The highest BCUT2D eigenvalue weighted by molar-refractivity contribution is 6.07. The minimum Gasteiger partial charge on any atom is -0.493 e. The Kier molecular flexibility index (Phi) is 25.6. The Labute approximate surface area is 608 Å². The van der Waals surface area contributed by atoms with Crippen molar-refractivity contribution in [1.29, 1.82) is 0 Å². The van der Waals surface area contributed by atoms with Gasteiger partial charge in [0, 0.05) is 56.9 Å². The number of benzene rings is 4. The lowest BCUT2D eigenvalue weighted by Gasteiger charge is -2.38. The smallest absolute Gasteiger partial charge is 0.416 e. The quantitative estimate of drug-likeness (QED) is 0.0119. The summed E-state index contributed by atoms with van der Waals surface area (Å²) in [6, 6.07) is 11.0. The molecule has 576 valence electrons. The van der Waals surface area contributed by atoms with E-state index >= 15 is 0 Å². The number of unbranched alkanes of at least 4 members (excludes halogenated alkanes) is 2. The van der Waals surface area contributed by atoms with E-state index in [0.29, 0.717) is 30.4 Å². The number of nitrogens with zero attached hydrogens (tertiary/aromatic N) is 7. The number of amides is 6. The van der Waals surface area contributed by atoms with Gasteiger partial charge in [-0.25, -0.2) is 29.0 Å². The van der Waals surface area contributed by atoms with Crippen LogP contribution in [0.15, 0.2) is 90.1 Å². The third-order valence-electron chi connectivity index (χ3n) is 18.4. The third kappa shape index (κ3) is 17.3. The molecular weight excluding hydrogens is 1420 g/mol. The van der Waals surface area contributed by atoms with E-state index in [1.54, 1.807) is 0 Å². The molecule has 107 heavy (non-hydrogen) atoms. The summed E-state index contributed by atoms with van der Waals surface area (Å²) in [5.74, 6) is -6.45. The molecule has 4 saturated heterocycles. The predicted octanol–water partition coefficient (Wildman–Crippen LogP) is 1.17. The van der Waals surface area contributed by atoms with Gasteiger partial charge in [0.1, 0.15) is 61.3 Å². The largest absolute Gasteiger partial charge is 0.493 e. The average molecular weight is 1500 g/mol. The number of aliphatic hydroxyl groups excluding tert-OH is 8. The highest BCUT2D eigenvalue weighted by Gasteiger charge is 2.52. The second-order valence-corrected chi connectivity index (χ2v) is 25.6. The summed E-state index contributed by atoms with van der Waals surface area (Å²) in [4.78, 5) is 116. The Bertz CT molecular complexity index is 4100. The van der Waals surface area contributed by atoms with Gasteiger partial charge < -0.3 is 124 Å². The van der Waals surface area contributed by atoms with Gasteiger partial charge in [-0.1, -0.05) is 41.6 Å². The number of azide groups is 1. The Balaban J connectivity index is 0.825. The number of carboxylic acid groups (broad SMARTS) is 2. The van der Waals surface area contributed by atoms with Crippen LogP contribution in [0.1, 0.15) is 91.1 Å². The topological polar surface area (TPSA) is 526 Å². The number of ether oxygens (including phenoxy) is 11. The number of aliphatic carboxylic acids is 2. The number of carboxylic acids is 2. The molecule has 38 heteroatoms. The molecule has 0 aromatic heterocycles. The minimum absolute atomic E-state index is 0.000461. The molecule has 4 fully saturated rings. The lowest BCUT2D eigenvalue weighted by Crippen LogP contribution is -2.61. The van der Waals surface area contributed by atoms with Crippen molar-refractivity contribution in [1.82, 2.24) is 20.4 Å². The molecule has 0 saturated carbocycles. The lowest BCUT2D eigenvalue weighted by atomic mass is 9.99. The summed E-state index contributed by atoms with van der Waals surface area (Å²) in [7, 11) is 4.07. The Hall–Kier alpha value is -10.6. The Morgan fingerprint density at radius 3 is 1.38 bits per heavy atom. The van der Waals surface area contributed by atoms with E-state index in [-0.39, 0.29) is 151 Å². The fraction of sp³-hybridized carbons (Fsp3) is 0.478. The Morgan fingerprint density at radius 1 is 0.551 bits per heavy atom. The van der Waals surface area contributed by atoms with E-state index in [2.05, 4.69) is 33.8 Å².